The minimum Gasteiger partial charge on any atom is -0.305 e. The summed E-state index contributed by atoms with van der Waals surface area (Å²) in [5.74, 6) is 0. The Labute approximate surface area is 73.9 Å². The van der Waals surface area contributed by atoms with Gasteiger partial charge in [-0.25, -0.2) is 0 Å². The number of aryl methyl sites for hydroxylation is 1. The number of nitrogens with one attached hydrogen (secondary N) is 1. The van der Waals surface area contributed by atoms with Gasteiger partial charge in [-0.3, -0.25) is 0 Å². The van der Waals surface area contributed by atoms with Crippen LogP contribution in [-0.4, -0.2) is 5.71 Å². The molecule has 0 spiro atoms. The Kier molecular flexibility index (Phi) is 3.03. The molecule has 0 saturated heterocycles. The van der Waals surface area contributed by atoms with Gasteiger partial charge in [-0.1, -0.05) is 43.2 Å². The van der Waals surface area contributed by atoms with Crippen LogP contribution in [0.1, 0.15) is 30.9 Å². The van der Waals surface area contributed by atoms with E-state index >= 15 is 0 Å². The Bertz CT molecular complexity index is 259. The number of hydrogen-bond donors (Lipinski definition) is 1. The summed E-state index contributed by atoms with van der Waals surface area (Å²) in [7, 11) is 0. The molecule has 1 aromatic carbocycles. The second-order valence-electron chi connectivity index (χ2n) is 3.09. The third-order valence-electron chi connectivity index (χ3n) is 1.90. The molecule has 0 fully saturated rings. The van der Waals surface area contributed by atoms with Crippen molar-refractivity contribution in [2.45, 2.75) is 26.7 Å². The molecule has 1 rings (SSSR count). The van der Waals surface area contributed by atoms with Crippen molar-refractivity contribution in [2.24, 2.45) is 0 Å². The van der Waals surface area contributed by atoms with Gasteiger partial charge in [0, 0.05) is 5.71 Å². The fraction of sp³-hybridized carbons (Fsp3) is 0.364. The predicted octanol–water partition coefficient (Wildman–Crippen LogP) is 3.16. The third-order valence-corrected chi connectivity index (χ3v) is 1.90. The van der Waals surface area contributed by atoms with Crippen molar-refractivity contribution >= 4 is 5.71 Å². The zero-order chi connectivity index (χ0) is 8.97. The first-order valence-electron chi connectivity index (χ1n) is 4.38. The van der Waals surface area contributed by atoms with E-state index in [4.69, 9.17) is 5.41 Å². The Morgan fingerprint density at radius 2 is 1.83 bits per heavy atom. The van der Waals surface area contributed by atoms with Crippen LogP contribution in [0, 0.1) is 12.3 Å². The predicted molar refractivity (Wildman–Crippen MR) is 52.9 cm³/mol. The second-order valence-corrected chi connectivity index (χ2v) is 3.09. The van der Waals surface area contributed by atoms with Crippen LogP contribution in [0.15, 0.2) is 24.3 Å². The molecule has 0 unspecified atom stereocenters. The summed E-state index contributed by atoms with van der Waals surface area (Å²) in [6.45, 7) is 4.16. The van der Waals surface area contributed by atoms with Crippen LogP contribution in [0.4, 0.5) is 0 Å². The summed E-state index contributed by atoms with van der Waals surface area (Å²) >= 11 is 0. The fourth-order valence-corrected chi connectivity index (χ4v) is 1.15. The molecule has 0 bridgehead atoms. The number of rotatable bonds is 3. The van der Waals surface area contributed by atoms with Crippen molar-refractivity contribution in [3.05, 3.63) is 35.4 Å². The molecule has 1 nitrogen and oxygen atoms in total. The lowest BCUT2D eigenvalue weighted by Gasteiger charge is -2.01. The van der Waals surface area contributed by atoms with Gasteiger partial charge in [-0.15, -0.1) is 0 Å². The second kappa shape index (κ2) is 4.05. The minimum atomic E-state index is 0.748. The quantitative estimate of drug-likeness (QED) is 0.658. The smallest absolute Gasteiger partial charge is 0.0386 e. The van der Waals surface area contributed by atoms with Crippen molar-refractivity contribution in [3.63, 3.8) is 0 Å². The minimum absolute atomic E-state index is 0.748. The summed E-state index contributed by atoms with van der Waals surface area (Å²) < 4.78 is 0. The molecule has 0 heterocycles. The van der Waals surface area contributed by atoms with Crippen molar-refractivity contribution < 1.29 is 0 Å². The van der Waals surface area contributed by atoms with Crippen molar-refractivity contribution in [3.8, 4) is 0 Å². The summed E-state index contributed by atoms with van der Waals surface area (Å²) in [5, 5.41) is 7.70. The van der Waals surface area contributed by atoms with E-state index in [1.165, 1.54) is 5.56 Å². The van der Waals surface area contributed by atoms with Gasteiger partial charge in [0.05, 0.1) is 0 Å². The molecular weight excluding hydrogens is 146 g/mol. The molecule has 0 radical (unpaired) electrons. The monoisotopic (exact) mass is 161 g/mol. The fourth-order valence-electron chi connectivity index (χ4n) is 1.15. The SMILES string of the molecule is CCCC(=N)c1ccc(C)cc1. The van der Waals surface area contributed by atoms with Gasteiger partial charge >= 0.3 is 0 Å². The van der Waals surface area contributed by atoms with Crippen LogP contribution in [0.3, 0.4) is 0 Å². The molecule has 0 aliphatic carbocycles. The van der Waals surface area contributed by atoms with Crippen molar-refractivity contribution in [2.75, 3.05) is 0 Å². The average Bonchev–Trinajstić information content (AvgIpc) is 2.06. The summed E-state index contributed by atoms with van der Waals surface area (Å²) in [6, 6.07) is 8.15. The molecule has 64 valence electrons. The van der Waals surface area contributed by atoms with Gasteiger partial charge in [-0.2, -0.15) is 0 Å². The van der Waals surface area contributed by atoms with Gasteiger partial charge in [0.25, 0.3) is 0 Å². The lowest BCUT2D eigenvalue weighted by atomic mass is 10.1. The van der Waals surface area contributed by atoms with Gasteiger partial charge in [0.1, 0.15) is 0 Å². The van der Waals surface area contributed by atoms with Crippen LogP contribution in [0.5, 0.6) is 0 Å². The van der Waals surface area contributed by atoms with E-state index in [9.17, 15) is 0 Å². The maximum absolute atomic E-state index is 7.70. The summed E-state index contributed by atoms with van der Waals surface area (Å²) in [6.07, 6.45) is 1.93. The molecule has 0 aliphatic rings. The van der Waals surface area contributed by atoms with Gasteiger partial charge in [-0.05, 0) is 18.9 Å². The highest BCUT2D eigenvalue weighted by molar-refractivity contribution is 5.98. The molecule has 0 aliphatic heterocycles. The van der Waals surface area contributed by atoms with Crippen LogP contribution >= 0.6 is 0 Å². The third kappa shape index (κ3) is 2.19. The van der Waals surface area contributed by atoms with Crippen LogP contribution in [-0.2, 0) is 0 Å². The zero-order valence-corrected chi connectivity index (χ0v) is 7.72. The first-order chi connectivity index (χ1) is 5.74. The topological polar surface area (TPSA) is 23.9 Å². The summed E-state index contributed by atoms with van der Waals surface area (Å²) in [5.41, 5.74) is 3.06. The average molecular weight is 161 g/mol. The molecular formula is C11H15N. The maximum Gasteiger partial charge on any atom is 0.0386 e. The molecule has 0 amide bonds. The van der Waals surface area contributed by atoms with Crippen LogP contribution in [0.2, 0.25) is 0 Å². The Morgan fingerprint density at radius 3 is 2.33 bits per heavy atom. The molecule has 0 atom stereocenters. The van der Waals surface area contributed by atoms with Crippen molar-refractivity contribution in [1.29, 1.82) is 5.41 Å². The highest BCUT2D eigenvalue weighted by atomic mass is 14.4. The van der Waals surface area contributed by atoms with E-state index in [0.717, 1.165) is 24.1 Å². The lowest BCUT2D eigenvalue weighted by molar-refractivity contribution is 0.986. The molecule has 1 aromatic rings. The van der Waals surface area contributed by atoms with Crippen LogP contribution < -0.4 is 0 Å². The molecule has 1 N–H and O–H groups in total. The first-order valence-corrected chi connectivity index (χ1v) is 4.38. The van der Waals surface area contributed by atoms with Gasteiger partial charge < -0.3 is 5.41 Å². The van der Waals surface area contributed by atoms with Crippen LogP contribution in [0.25, 0.3) is 0 Å². The molecule has 12 heavy (non-hydrogen) atoms. The van der Waals surface area contributed by atoms with E-state index < -0.39 is 0 Å². The van der Waals surface area contributed by atoms with Gasteiger partial charge in [0.2, 0.25) is 0 Å². The van der Waals surface area contributed by atoms with E-state index in [0.29, 0.717) is 0 Å². The van der Waals surface area contributed by atoms with E-state index in [2.05, 4.69) is 26.0 Å². The Morgan fingerprint density at radius 1 is 1.25 bits per heavy atom. The van der Waals surface area contributed by atoms with E-state index in [1.54, 1.807) is 0 Å². The molecule has 0 aromatic heterocycles. The number of benzene rings is 1. The Balaban J connectivity index is 2.75. The zero-order valence-electron chi connectivity index (χ0n) is 7.72. The molecule has 1 heteroatoms. The first kappa shape index (κ1) is 8.98. The Hall–Kier alpha value is -1.11. The standard InChI is InChI=1S/C11H15N/c1-3-4-11(12)10-7-5-9(2)6-8-10/h5-8,12H,3-4H2,1-2H3. The highest BCUT2D eigenvalue weighted by Crippen LogP contribution is 2.06. The number of hydrogen-bond acceptors (Lipinski definition) is 1. The normalized spacial score (nSPS) is 9.83. The van der Waals surface area contributed by atoms with Crippen molar-refractivity contribution in [1.82, 2.24) is 0 Å². The largest absolute Gasteiger partial charge is 0.305 e. The lowest BCUT2D eigenvalue weighted by Crippen LogP contribution is -1.97. The van der Waals surface area contributed by atoms with E-state index in [1.807, 2.05) is 12.1 Å². The van der Waals surface area contributed by atoms with E-state index in [-0.39, 0.29) is 0 Å². The summed E-state index contributed by atoms with van der Waals surface area (Å²) in [4.78, 5) is 0. The molecule has 0 saturated carbocycles. The highest BCUT2D eigenvalue weighted by Gasteiger charge is 1.97. The van der Waals surface area contributed by atoms with Gasteiger partial charge in [0.15, 0.2) is 0 Å². The maximum atomic E-state index is 7.70.